The number of nitrogens with zero attached hydrogens (tertiary/aromatic N) is 3. The quantitative estimate of drug-likeness (QED) is 0.896. The summed E-state index contributed by atoms with van der Waals surface area (Å²) in [6, 6.07) is 7.99. The second-order valence-corrected chi connectivity index (χ2v) is 7.90. The van der Waals surface area contributed by atoms with Crippen molar-refractivity contribution in [2.75, 3.05) is 13.1 Å². The Morgan fingerprint density at radius 3 is 2.63 bits per heavy atom. The van der Waals surface area contributed by atoms with Crippen molar-refractivity contribution in [1.82, 2.24) is 14.5 Å². The SMILES string of the molecule is O=C(O)C1CCCN(C(=O)Cn2c(C3CCCCC3)nc3ccccc32)C1. The number of aromatic nitrogens is 2. The number of fused-ring (bicyclic) bond motifs is 1. The fourth-order valence-electron chi connectivity index (χ4n) is 4.57. The minimum Gasteiger partial charge on any atom is -0.481 e. The van der Waals surface area contributed by atoms with E-state index in [-0.39, 0.29) is 12.5 Å². The Morgan fingerprint density at radius 1 is 1.07 bits per heavy atom. The van der Waals surface area contributed by atoms with Crippen molar-refractivity contribution in [2.45, 2.75) is 57.4 Å². The molecule has 1 saturated heterocycles. The number of carboxylic acid groups (broad SMARTS) is 1. The fraction of sp³-hybridized carbons (Fsp3) is 0.571. The topological polar surface area (TPSA) is 75.4 Å². The van der Waals surface area contributed by atoms with Crippen molar-refractivity contribution in [2.24, 2.45) is 5.92 Å². The molecule has 1 aromatic heterocycles. The molecule has 0 bridgehead atoms. The average molecular weight is 369 g/mol. The Balaban J connectivity index is 1.60. The molecular formula is C21H27N3O3. The van der Waals surface area contributed by atoms with Gasteiger partial charge < -0.3 is 14.6 Å². The van der Waals surface area contributed by atoms with E-state index in [0.29, 0.717) is 25.4 Å². The van der Waals surface area contributed by atoms with Gasteiger partial charge in [0.15, 0.2) is 0 Å². The lowest BCUT2D eigenvalue weighted by Gasteiger charge is -2.31. The number of hydrogen-bond acceptors (Lipinski definition) is 3. The summed E-state index contributed by atoms with van der Waals surface area (Å²) in [5.41, 5.74) is 1.94. The van der Waals surface area contributed by atoms with Gasteiger partial charge in [0, 0.05) is 19.0 Å². The van der Waals surface area contributed by atoms with Gasteiger partial charge in [-0.25, -0.2) is 4.98 Å². The summed E-state index contributed by atoms with van der Waals surface area (Å²) in [6.45, 7) is 1.21. The van der Waals surface area contributed by atoms with E-state index in [1.807, 2.05) is 24.3 Å². The normalized spacial score (nSPS) is 21.5. The van der Waals surface area contributed by atoms with Gasteiger partial charge in [0.05, 0.1) is 17.0 Å². The Hall–Kier alpha value is -2.37. The van der Waals surface area contributed by atoms with Gasteiger partial charge in [-0.2, -0.15) is 0 Å². The Kier molecular flexibility index (Phi) is 5.14. The molecule has 2 aromatic rings. The molecule has 0 radical (unpaired) electrons. The van der Waals surface area contributed by atoms with Crippen LogP contribution in [0.3, 0.4) is 0 Å². The molecule has 27 heavy (non-hydrogen) atoms. The number of amides is 1. The number of carbonyl (C=O) groups excluding carboxylic acids is 1. The van der Waals surface area contributed by atoms with Gasteiger partial charge in [0.2, 0.25) is 5.91 Å². The highest BCUT2D eigenvalue weighted by Crippen LogP contribution is 2.34. The van der Waals surface area contributed by atoms with Crippen LogP contribution >= 0.6 is 0 Å². The smallest absolute Gasteiger partial charge is 0.308 e. The number of likely N-dealkylation sites (tertiary alicyclic amines) is 1. The Bertz CT molecular complexity index is 838. The number of carbonyl (C=O) groups is 2. The zero-order valence-electron chi connectivity index (χ0n) is 15.6. The number of benzene rings is 1. The number of imidazole rings is 1. The monoisotopic (exact) mass is 369 g/mol. The highest BCUT2D eigenvalue weighted by Gasteiger charge is 2.29. The van der Waals surface area contributed by atoms with Gasteiger partial charge in [-0.15, -0.1) is 0 Å². The molecule has 2 heterocycles. The summed E-state index contributed by atoms with van der Waals surface area (Å²) in [6.07, 6.45) is 7.37. The first-order chi connectivity index (χ1) is 13.1. The van der Waals surface area contributed by atoms with E-state index in [9.17, 15) is 14.7 Å². The van der Waals surface area contributed by atoms with Crippen LogP contribution in [0.5, 0.6) is 0 Å². The molecule has 2 aliphatic rings. The van der Waals surface area contributed by atoms with Crippen molar-refractivity contribution in [1.29, 1.82) is 0 Å². The van der Waals surface area contributed by atoms with E-state index in [1.54, 1.807) is 4.90 Å². The third-order valence-corrected chi connectivity index (χ3v) is 6.07. The molecular weight excluding hydrogens is 342 g/mol. The first-order valence-corrected chi connectivity index (χ1v) is 10.1. The third kappa shape index (κ3) is 3.70. The molecule has 2 fully saturated rings. The summed E-state index contributed by atoms with van der Waals surface area (Å²) in [4.78, 5) is 30.9. The predicted molar refractivity (Wildman–Crippen MR) is 102 cm³/mol. The van der Waals surface area contributed by atoms with Crippen molar-refractivity contribution >= 4 is 22.9 Å². The summed E-state index contributed by atoms with van der Waals surface area (Å²) < 4.78 is 2.08. The van der Waals surface area contributed by atoms with Crippen LogP contribution in [0.4, 0.5) is 0 Å². The van der Waals surface area contributed by atoms with Gasteiger partial charge >= 0.3 is 5.97 Å². The first-order valence-electron chi connectivity index (χ1n) is 10.1. The van der Waals surface area contributed by atoms with Crippen LogP contribution in [0.25, 0.3) is 11.0 Å². The van der Waals surface area contributed by atoms with E-state index in [4.69, 9.17) is 4.98 Å². The van der Waals surface area contributed by atoms with Crippen LogP contribution in [0, 0.1) is 5.92 Å². The van der Waals surface area contributed by atoms with Gasteiger partial charge in [-0.05, 0) is 37.8 Å². The molecule has 0 spiro atoms. The number of aliphatic carboxylic acids is 1. The van der Waals surface area contributed by atoms with Crippen molar-refractivity contribution in [3.05, 3.63) is 30.1 Å². The third-order valence-electron chi connectivity index (χ3n) is 6.07. The summed E-state index contributed by atoms with van der Waals surface area (Å²) in [5.74, 6) is 0.188. The highest BCUT2D eigenvalue weighted by atomic mass is 16.4. The lowest BCUT2D eigenvalue weighted by Crippen LogP contribution is -2.43. The Labute approximate surface area is 159 Å². The van der Waals surface area contributed by atoms with Gasteiger partial charge in [0.1, 0.15) is 12.4 Å². The Morgan fingerprint density at radius 2 is 1.85 bits per heavy atom. The summed E-state index contributed by atoms with van der Waals surface area (Å²) in [5, 5.41) is 9.30. The molecule has 144 valence electrons. The lowest BCUT2D eigenvalue weighted by atomic mass is 9.88. The number of piperidine rings is 1. The molecule has 1 atom stereocenters. The van der Waals surface area contributed by atoms with Crippen molar-refractivity contribution in [3.8, 4) is 0 Å². The first kappa shape index (κ1) is 18.0. The maximum Gasteiger partial charge on any atom is 0.308 e. The number of carboxylic acids is 1. The molecule has 1 amide bonds. The minimum atomic E-state index is -0.802. The number of rotatable bonds is 4. The maximum absolute atomic E-state index is 13.0. The molecule has 1 aliphatic carbocycles. The van der Waals surface area contributed by atoms with Gasteiger partial charge in [-0.3, -0.25) is 9.59 Å². The zero-order chi connectivity index (χ0) is 18.8. The molecule has 1 N–H and O–H groups in total. The van der Waals surface area contributed by atoms with E-state index in [2.05, 4.69) is 4.57 Å². The summed E-state index contributed by atoms with van der Waals surface area (Å²) in [7, 11) is 0. The van der Waals surface area contributed by atoms with Gasteiger partial charge in [-0.1, -0.05) is 31.4 Å². The van der Waals surface area contributed by atoms with Crippen LogP contribution in [0.2, 0.25) is 0 Å². The minimum absolute atomic E-state index is 0.00108. The van der Waals surface area contributed by atoms with Crippen LogP contribution in [0.1, 0.15) is 56.7 Å². The van der Waals surface area contributed by atoms with Crippen LogP contribution in [-0.4, -0.2) is 44.5 Å². The molecule has 1 aromatic carbocycles. The van der Waals surface area contributed by atoms with Crippen LogP contribution in [0.15, 0.2) is 24.3 Å². The second kappa shape index (κ2) is 7.71. The van der Waals surface area contributed by atoms with Crippen LogP contribution < -0.4 is 0 Å². The maximum atomic E-state index is 13.0. The standard InChI is InChI=1S/C21H27N3O3/c25-19(23-12-6-9-16(13-23)21(26)27)14-24-18-11-5-4-10-17(18)22-20(24)15-7-2-1-3-8-15/h4-5,10-11,15-16H,1-3,6-9,12-14H2,(H,26,27). The molecule has 6 heteroatoms. The molecule has 1 unspecified atom stereocenters. The van der Waals surface area contributed by atoms with Gasteiger partial charge in [0.25, 0.3) is 0 Å². The lowest BCUT2D eigenvalue weighted by molar-refractivity contribution is -0.145. The molecule has 1 aliphatic heterocycles. The predicted octanol–water partition coefficient (Wildman–Crippen LogP) is 3.41. The highest BCUT2D eigenvalue weighted by molar-refractivity contribution is 5.82. The summed E-state index contributed by atoms with van der Waals surface area (Å²) >= 11 is 0. The number of hydrogen-bond donors (Lipinski definition) is 1. The zero-order valence-corrected chi connectivity index (χ0v) is 15.6. The fourth-order valence-corrected chi connectivity index (χ4v) is 4.57. The van der Waals surface area contributed by atoms with E-state index >= 15 is 0 Å². The largest absolute Gasteiger partial charge is 0.481 e. The van der Waals surface area contributed by atoms with Crippen LogP contribution in [-0.2, 0) is 16.1 Å². The average Bonchev–Trinajstić information content (AvgIpc) is 3.07. The molecule has 4 rings (SSSR count). The number of para-hydroxylation sites is 2. The van der Waals surface area contributed by atoms with Crippen molar-refractivity contribution < 1.29 is 14.7 Å². The second-order valence-electron chi connectivity index (χ2n) is 7.90. The molecule has 6 nitrogen and oxygen atoms in total. The molecule has 1 saturated carbocycles. The van der Waals surface area contributed by atoms with Crippen molar-refractivity contribution in [3.63, 3.8) is 0 Å². The van der Waals surface area contributed by atoms with E-state index < -0.39 is 11.9 Å². The van der Waals surface area contributed by atoms with E-state index in [0.717, 1.165) is 36.1 Å². The van der Waals surface area contributed by atoms with E-state index in [1.165, 1.54) is 19.3 Å².